The van der Waals surface area contributed by atoms with Crippen molar-refractivity contribution < 1.29 is 14.0 Å². The average Bonchev–Trinajstić information content (AvgIpc) is 3.93. The van der Waals surface area contributed by atoms with Crippen LogP contribution in [0.2, 0.25) is 0 Å². The van der Waals surface area contributed by atoms with Gasteiger partial charge in [0, 0.05) is 103 Å². The predicted octanol–water partition coefficient (Wildman–Crippen LogP) is 16.8. The first-order chi connectivity index (χ1) is 38.2. The lowest BCUT2D eigenvalue weighted by molar-refractivity contribution is -0.401. The first-order valence-corrected chi connectivity index (χ1v) is 28.9. The van der Waals surface area contributed by atoms with Gasteiger partial charge in [0.2, 0.25) is 11.4 Å². The highest BCUT2D eigenvalue weighted by Gasteiger charge is 2.59. The van der Waals surface area contributed by atoms with Crippen LogP contribution in [0.15, 0.2) is 191 Å². The molecule has 5 heterocycles. The number of nitrogens with zero attached hydrogens (tertiary/aromatic N) is 5. The number of allylic oxidation sites excluding steroid dienone is 7. The summed E-state index contributed by atoms with van der Waals surface area (Å²) in [6.45, 7) is 15.9. The predicted molar refractivity (Wildman–Crippen MR) is 331 cm³/mol. The molecule has 0 aromatic heterocycles. The fraction of sp³-hybridized carbons (Fsp3) is 0.306. The molecule has 7 nitrogen and oxygen atoms in total. The average molecular weight is 1040 g/mol. The van der Waals surface area contributed by atoms with Crippen molar-refractivity contribution in [2.75, 3.05) is 48.9 Å². The number of anilines is 3. The third kappa shape index (κ3) is 7.36. The first-order valence-electron chi connectivity index (χ1n) is 28.9. The van der Waals surface area contributed by atoms with Gasteiger partial charge < -0.3 is 24.2 Å². The Morgan fingerprint density at radius 1 is 0.608 bits per heavy atom. The Kier molecular flexibility index (Phi) is 11.3. The van der Waals surface area contributed by atoms with Crippen molar-refractivity contribution in [1.82, 2.24) is 0 Å². The number of piperidine rings is 1. The molecule has 1 unspecified atom stereocenters. The van der Waals surface area contributed by atoms with E-state index in [-0.39, 0.29) is 16.9 Å². The molecule has 0 amide bonds. The van der Waals surface area contributed by atoms with E-state index in [2.05, 4.69) is 252 Å². The monoisotopic (exact) mass is 1040 g/mol. The first kappa shape index (κ1) is 49.4. The van der Waals surface area contributed by atoms with Crippen LogP contribution in [0, 0.1) is 0 Å². The standard InChI is InChI=1S/C72H72N5O2/c1-69(2)62(74(7)57-35-30-46-20-12-15-25-52(46)64(57)69)38-33-49-23-10-11-24-50(34-39-63-70(3,4)65-53-26-16-13-21-47(53)31-36-58(65)75(63)8)68(49)78-51-40-42-77(43-41-51)60-44-61-67(56-29-19-18-28-55(56)60)73-45-72(79-61)71(5,6)66-54-27-17-14-22-48(54)32-37-59(66)76(72)9/h12-22,25-39,44-45,51H,10-11,23-24,40-43H2,1-9H3/q+1. The highest BCUT2D eigenvalue weighted by molar-refractivity contribution is 6.09. The number of rotatable bonds is 6. The van der Waals surface area contributed by atoms with Crippen LogP contribution in [0.25, 0.3) is 43.1 Å². The third-order valence-electron chi connectivity index (χ3n) is 19.3. The van der Waals surface area contributed by atoms with Crippen molar-refractivity contribution in [2.24, 2.45) is 4.99 Å². The van der Waals surface area contributed by atoms with Crippen LogP contribution < -0.4 is 19.4 Å². The van der Waals surface area contributed by atoms with E-state index < -0.39 is 11.1 Å². The van der Waals surface area contributed by atoms with Crippen molar-refractivity contribution in [1.29, 1.82) is 0 Å². The van der Waals surface area contributed by atoms with Crippen molar-refractivity contribution in [3.8, 4) is 5.75 Å². The minimum atomic E-state index is -0.812. The van der Waals surface area contributed by atoms with Gasteiger partial charge in [-0.1, -0.05) is 129 Å². The summed E-state index contributed by atoms with van der Waals surface area (Å²) in [7, 11) is 6.65. The summed E-state index contributed by atoms with van der Waals surface area (Å²) in [5, 5.41) is 10.0. The molecule has 0 radical (unpaired) electrons. The molecule has 14 rings (SSSR count). The van der Waals surface area contributed by atoms with Crippen LogP contribution in [0.1, 0.15) is 96.8 Å². The maximum absolute atomic E-state index is 7.60. The number of hydrogen-bond donors (Lipinski definition) is 0. The zero-order valence-electron chi connectivity index (χ0n) is 47.5. The van der Waals surface area contributed by atoms with Gasteiger partial charge in [-0.05, 0) is 138 Å². The Labute approximate surface area is 466 Å². The lowest BCUT2D eigenvalue weighted by Crippen LogP contribution is -2.61. The minimum absolute atomic E-state index is 0.0492. The molecule has 5 aliphatic heterocycles. The molecule has 7 heteroatoms. The van der Waals surface area contributed by atoms with E-state index in [1.165, 1.54) is 99.7 Å². The minimum Gasteiger partial charge on any atom is -0.490 e. The zero-order chi connectivity index (χ0) is 54.2. The molecule has 1 spiro atoms. The van der Waals surface area contributed by atoms with Crippen molar-refractivity contribution in [3.05, 3.63) is 203 Å². The summed E-state index contributed by atoms with van der Waals surface area (Å²) in [4.78, 5) is 12.6. The summed E-state index contributed by atoms with van der Waals surface area (Å²) in [6, 6.07) is 51.1. The maximum Gasteiger partial charge on any atom is 0.228 e. The quantitative estimate of drug-likeness (QED) is 0.155. The van der Waals surface area contributed by atoms with E-state index in [1.807, 2.05) is 0 Å². The number of ether oxygens (including phenoxy) is 2. The van der Waals surface area contributed by atoms with Gasteiger partial charge >= 0.3 is 0 Å². The molecule has 8 aromatic carbocycles. The molecule has 396 valence electrons. The Morgan fingerprint density at radius 3 is 1.90 bits per heavy atom. The lowest BCUT2D eigenvalue weighted by atomic mass is 9.76. The lowest BCUT2D eigenvalue weighted by Gasteiger charge is -2.45. The van der Waals surface area contributed by atoms with Gasteiger partial charge in [0.1, 0.15) is 24.6 Å². The number of benzene rings is 8. The van der Waals surface area contributed by atoms with Crippen molar-refractivity contribution in [2.45, 2.75) is 108 Å². The Balaban J connectivity index is 0.804. The molecule has 79 heavy (non-hydrogen) atoms. The van der Waals surface area contributed by atoms with Gasteiger partial charge in [-0.25, -0.2) is 0 Å². The normalized spacial score (nSPS) is 22.3. The van der Waals surface area contributed by atoms with Gasteiger partial charge in [0.25, 0.3) is 0 Å². The van der Waals surface area contributed by atoms with Gasteiger partial charge in [-0.15, -0.1) is 0 Å². The van der Waals surface area contributed by atoms with Crippen LogP contribution in [0.3, 0.4) is 0 Å². The smallest absolute Gasteiger partial charge is 0.228 e. The molecule has 8 aromatic rings. The topological polar surface area (TPSA) is 43.6 Å². The highest BCUT2D eigenvalue weighted by atomic mass is 16.5. The molecule has 1 saturated heterocycles. The Bertz CT molecular complexity index is 4080. The molecule has 1 atom stereocenters. The third-order valence-corrected chi connectivity index (χ3v) is 19.3. The second-order valence-electron chi connectivity index (χ2n) is 24.8. The number of fused-ring (bicyclic) bond motifs is 12. The largest absolute Gasteiger partial charge is 0.490 e. The molecular formula is C72H72N5O2+. The summed E-state index contributed by atoms with van der Waals surface area (Å²) in [6.07, 6.45) is 17.7. The molecule has 6 aliphatic rings. The van der Waals surface area contributed by atoms with E-state index in [4.69, 9.17) is 14.5 Å². The summed E-state index contributed by atoms with van der Waals surface area (Å²) in [5.74, 6) is 1.90. The van der Waals surface area contributed by atoms with Crippen LogP contribution in [0.5, 0.6) is 5.75 Å². The summed E-state index contributed by atoms with van der Waals surface area (Å²) < 4.78 is 17.5. The molecule has 1 aliphatic carbocycles. The van der Waals surface area contributed by atoms with E-state index in [0.717, 1.165) is 74.2 Å². The van der Waals surface area contributed by atoms with Gasteiger partial charge in [-0.3, -0.25) is 4.99 Å². The second-order valence-corrected chi connectivity index (χ2v) is 24.8. The highest BCUT2D eigenvalue weighted by Crippen LogP contribution is 2.57. The molecule has 0 saturated carbocycles. The van der Waals surface area contributed by atoms with Crippen molar-refractivity contribution >= 4 is 83.5 Å². The Morgan fingerprint density at radius 2 is 1.20 bits per heavy atom. The fourth-order valence-corrected chi connectivity index (χ4v) is 15.2. The molecule has 0 N–H and O–H groups in total. The number of aliphatic imine (C=N–C) groups is 1. The van der Waals surface area contributed by atoms with E-state index in [0.29, 0.717) is 0 Å². The maximum atomic E-state index is 7.60. The molecular weight excluding hydrogens is 967 g/mol. The van der Waals surface area contributed by atoms with Crippen LogP contribution >= 0.6 is 0 Å². The van der Waals surface area contributed by atoms with Gasteiger partial charge in [-0.2, -0.15) is 4.58 Å². The Hall–Kier alpha value is -7.90. The summed E-state index contributed by atoms with van der Waals surface area (Å²) >= 11 is 0. The SMILES string of the molecule is CN1/C(=C/C=C2\CCCCC(/C=C/C3=[N+](C)c4ccc5ccccc5c4C3(C)C)=C2OC2CCN(c3cc4c(c5ccccc35)N=CC3(O4)N(C)c4ccc5ccccc5c4C3(C)C)CC2)C(C)(C)c2c1ccc1ccccc21. The fourth-order valence-electron chi connectivity index (χ4n) is 15.2. The molecule has 1 fully saturated rings. The number of likely N-dealkylation sites (N-methyl/N-ethyl adjacent to an activating group) is 2. The van der Waals surface area contributed by atoms with E-state index in [9.17, 15) is 0 Å². The van der Waals surface area contributed by atoms with Gasteiger partial charge in [0.05, 0.1) is 17.0 Å². The van der Waals surface area contributed by atoms with E-state index in [1.54, 1.807) is 0 Å². The van der Waals surface area contributed by atoms with Crippen LogP contribution in [-0.4, -0.2) is 62.6 Å². The van der Waals surface area contributed by atoms with Crippen LogP contribution in [0.4, 0.5) is 28.4 Å². The second kappa shape index (κ2) is 18.1. The van der Waals surface area contributed by atoms with E-state index >= 15 is 0 Å². The summed E-state index contributed by atoms with van der Waals surface area (Å²) in [5.41, 5.74) is 13.5. The number of hydrogen-bond acceptors (Lipinski definition) is 6. The zero-order valence-corrected chi connectivity index (χ0v) is 47.5. The van der Waals surface area contributed by atoms with Crippen molar-refractivity contribution in [3.63, 3.8) is 0 Å². The van der Waals surface area contributed by atoms with Crippen LogP contribution in [-0.2, 0) is 21.0 Å². The van der Waals surface area contributed by atoms with Gasteiger partial charge in [0.15, 0.2) is 11.5 Å². The molecule has 0 bridgehead atoms.